The standard InChI is InChI=1S/C15H22N6O3S/c1-19(2)14-15(17-7-6-16-14)24-12-5-4-8-21(9-12)25(22,23)13-10-20(3)11-18-13/h6-7,10-12H,4-5,8-9H2,1-3H3. The molecule has 25 heavy (non-hydrogen) atoms. The molecule has 3 heterocycles. The van der Waals surface area contributed by atoms with Gasteiger partial charge in [-0.2, -0.15) is 4.31 Å². The van der Waals surface area contributed by atoms with Crippen LogP contribution < -0.4 is 9.64 Å². The normalized spacial score (nSPS) is 18.9. The topological polar surface area (TPSA) is 93.5 Å². The first kappa shape index (κ1) is 17.6. The summed E-state index contributed by atoms with van der Waals surface area (Å²) in [5.41, 5.74) is 0. The van der Waals surface area contributed by atoms with Crippen LogP contribution in [0.3, 0.4) is 0 Å². The fourth-order valence-corrected chi connectivity index (χ4v) is 4.22. The van der Waals surface area contributed by atoms with Gasteiger partial charge < -0.3 is 14.2 Å². The number of hydrogen-bond acceptors (Lipinski definition) is 7. The predicted molar refractivity (Wildman–Crippen MR) is 92.0 cm³/mol. The van der Waals surface area contributed by atoms with E-state index in [1.165, 1.54) is 16.8 Å². The lowest BCUT2D eigenvalue weighted by atomic mass is 10.1. The molecule has 3 rings (SSSR count). The lowest BCUT2D eigenvalue weighted by Gasteiger charge is -2.31. The van der Waals surface area contributed by atoms with Crippen LogP contribution in [-0.4, -0.2) is 65.5 Å². The van der Waals surface area contributed by atoms with E-state index in [1.54, 1.807) is 24.0 Å². The molecule has 0 bridgehead atoms. The number of rotatable bonds is 5. The Morgan fingerprint density at radius 2 is 2.00 bits per heavy atom. The molecule has 0 aliphatic carbocycles. The van der Waals surface area contributed by atoms with Crippen molar-refractivity contribution in [1.82, 2.24) is 23.8 Å². The second-order valence-electron chi connectivity index (χ2n) is 6.20. The van der Waals surface area contributed by atoms with Crippen molar-refractivity contribution < 1.29 is 13.2 Å². The van der Waals surface area contributed by atoms with Gasteiger partial charge in [0.05, 0.1) is 12.9 Å². The van der Waals surface area contributed by atoms with Crippen LogP contribution in [0.15, 0.2) is 29.9 Å². The van der Waals surface area contributed by atoms with Gasteiger partial charge in [0.2, 0.25) is 0 Å². The molecule has 136 valence electrons. The maximum atomic E-state index is 12.7. The van der Waals surface area contributed by atoms with Crippen molar-refractivity contribution in [3.05, 3.63) is 24.9 Å². The van der Waals surface area contributed by atoms with Gasteiger partial charge in [-0.1, -0.05) is 0 Å². The van der Waals surface area contributed by atoms with Crippen LogP contribution in [0.4, 0.5) is 5.82 Å². The van der Waals surface area contributed by atoms with Crippen molar-refractivity contribution in [1.29, 1.82) is 0 Å². The number of nitrogens with zero attached hydrogens (tertiary/aromatic N) is 6. The van der Waals surface area contributed by atoms with Gasteiger partial charge in [-0.05, 0) is 12.8 Å². The van der Waals surface area contributed by atoms with Crippen molar-refractivity contribution in [2.75, 3.05) is 32.1 Å². The second kappa shape index (κ2) is 6.96. The maximum absolute atomic E-state index is 12.7. The van der Waals surface area contributed by atoms with E-state index in [9.17, 15) is 8.42 Å². The summed E-state index contributed by atoms with van der Waals surface area (Å²) in [4.78, 5) is 14.3. The summed E-state index contributed by atoms with van der Waals surface area (Å²) in [6.45, 7) is 0.724. The molecule has 0 aromatic carbocycles. The third-order valence-corrected chi connectivity index (χ3v) is 5.73. The van der Waals surface area contributed by atoms with E-state index in [4.69, 9.17) is 4.74 Å². The molecule has 1 fully saturated rings. The Kier molecular flexibility index (Phi) is 4.91. The van der Waals surface area contributed by atoms with Crippen LogP contribution in [0, 0.1) is 0 Å². The van der Waals surface area contributed by atoms with Crippen LogP contribution in [-0.2, 0) is 17.1 Å². The number of ether oxygens (including phenoxy) is 1. The number of aryl methyl sites for hydroxylation is 1. The van der Waals surface area contributed by atoms with Gasteiger partial charge in [0.1, 0.15) is 6.10 Å². The zero-order chi connectivity index (χ0) is 18.0. The van der Waals surface area contributed by atoms with E-state index in [-0.39, 0.29) is 17.7 Å². The Bertz CT molecular complexity index is 835. The fourth-order valence-electron chi connectivity index (χ4n) is 2.74. The highest BCUT2D eigenvalue weighted by Crippen LogP contribution is 2.26. The molecule has 1 atom stereocenters. The maximum Gasteiger partial charge on any atom is 0.262 e. The number of aromatic nitrogens is 4. The van der Waals surface area contributed by atoms with Crippen molar-refractivity contribution >= 4 is 15.8 Å². The molecule has 1 saturated heterocycles. The lowest BCUT2D eigenvalue weighted by molar-refractivity contribution is 0.124. The zero-order valence-corrected chi connectivity index (χ0v) is 15.3. The van der Waals surface area contributed by atoms with Crippen LogP contribution >= 0.6 is 0 Å². The summed E-state index contributed by atoms with van der Waals surface area (Å²) in [7, 11) is 1.84. The zero-order valence-electron chi connectivity index (χ0n) is 14.5. The first-order valence-electron chi connectivity index (χ1n) is 8.01. The first-order chi connectivity index (χ1) is 11.9. The van der Waals surface area contributed by atoms with Gasteiger partial charge in [-0.3, -0.25) is 0 Å². The molecule has 10 heteroatoms. The minimum absolute atomic E-state index is 0.0594. The summed E-state index contributed by atoms with van der Waals surface area (Å²) >= 11 is 0. The van der Waals surface area contributed by atoms with Gasteiger partial charge in [0, 0.05) is 46.3 Å². The Morgan fingerprint density at radius 1 is 1.24 bits per heavy atom. The number of sulfonamides is 1. The molecule has 1 unspecified atom stereocenters. The molecular weight excluding hydrogens is 344 g/mol. The summed E-state index contributed by atoms with van der Waals surface area (Å²) in [5.74, 6) is 1.03. The van der Waals surface area contributed by atoms with Crippen molar-refractivity contribution in [2.45, 2.75) is 24.0 Å². The second-order valence-corrected chi connectivity index (χ2v) is 8.09. The van der Waals surface area contributed by atoms with E-state index >= 15 is 0 Å². The fraction of sp³-hybridized carbons (Fsp3) is 0.533. The average Bonchev–Trinajstić information content (AvgIpc) is 3.03. The van der Waals surface area contributed by atoms with Crippen molar-refractivity contribution in [2.24, 2.45) is 7.05 Å². The summed E-state index contributed by atoms with van der Waals surface area (Å²) in [6, 6.07) is 0. The van der Waals surface area contributed by atoms with E-state index in [0.29, 0.717) is 24.7 Å². The number of anilines is 1. The summed E-state index contributed by atoms with van der Waals surface area (Å²) in [5, 5.41) is 0.0594. The highest BCUT2D eigenvalue weighted by Gasteiger charge is 2.33. The van der Waals surface area contributed by atoms with Gasteiger partial charge in [-0.15, -0.1) is 0 Å². The molecule has 1 aliphatic rings. The lowest BCUT2D eigenvalue weighted by Crippen LogP contribution is -2.44. The Balaban J connectivity index is 1.76. The van der Waals surface area contributed by atoms with E-state index in [0.717, 1.165) is 6.42 Å². The van der Waals surface area contributed by atoms with E-state index in [2.05, 4.69) is 15.0 Å². The van der Waals surface area contributed by atoms with Gasteiger partial charge in [0.25, 0.3) is 15.9 Å². The monoisotopic (exact) mass is 366 g/mol. The first-order valence-corrected chi connectivity index (χ1v) is 9.45. The molecular formula is C15H22N6O3S. The number of hydrogen-bond donors (Lipinski definition) is 0. The third kappa shape index (κ3) is 3.74. The Hall–Kier alpha value is -2.20. The molecule has 1 aliphatic heterocycles. The summed E-state index contributed by atoms with van der Waals surface area (Å²) in [6.07, 6.45) is 7.35. The molecule has 0 spiro atoms. The highest BCUT2D eigenvalue weighted by molar-refractivity contribution is 7.89. The molecule has 0 saturated carbocycles. The van der Waals surface area contributed by atoms with Gasteiger partial charge in [-0.25, -0.2) is 23.4 Å². The average molecular weight is 366 g/mol. The van der Waals surface area contributed by atoms with Crippen molar-refractivity contribution in [3.63, 3.8) is 0 Å². The minimum atomic E-state index is -3.62. The van der Waals surface area contributed by atoms with Crippen molar-refractivity contribution in [3.8, 4) is 5.88 Å². The molecule has 0 N–H and O–H groups in total. The van der Waals surface area contributed by atoms with E-state index < -0.39 is 10.0 Å². The molecule has 0 amide bonds. The van der Waals surface area contributed by atoms with Crippen LogP contribution in [0.1, 0.15) is 12.8 Å². The van der Waals surface area contributed by atoms with Crippen LogP contribution in [0.5, 0.6) is 5.88 Å². The van der Waals surface area contributed by atoms with Gasteiger partial charge >= 0.3 is 0 Å². The van der Waals surface area contributed by atoms with Gasteiger partial charge in [0.15, 0.2) is 10.8 Å². The van der Waals surface area contributed by atoms with E-state index in [1.807, 2.05) is 19.0 Å². The van der Waals surface area contributed by atoms with Crippen LogP contribution in [0.2, 0.25) is 0 Å². The Labute approximate surface area is 147 Å². The Morgan fingerprint density at radius 3 is 2.68 bits per heavy atom. The number of piperidine rings is 1. The highest BCUT2D eigenvalue weighted by atomic mass is 32.2. The molecule has 0 radical (unpaired) electrons. The SMILES string of the molecule is CN(C)c1nccnc1OC1CCCN(S(=O)(=O)c2cn(C)cn2)C1. The number of imidazole rings is 1. The largest absolute Gasteiger partial charge is 0.470 e. The predicted octanol–water partition coefficient (Wildman–Crippen LogP) is 0.508. The smallest absolute Gasteiger partial charge is 0.262 e. The molecule has 9 nitrogen and oxygen atoms in total. The molecule has 2 aromatic rings. The third-order valence-electron chi connectivity index (χ3n) is 3.97. The van der Waals surface area contributed by atoms with Crippen LogP contribution in [0.25, 0.3) is 0 Å². The minimum Gasteiger partial charge on any atom is -0.470 e. The summed E-state index contributed by atoms with van der Waals surface area (Å²) < 4.78 is 34.5. The quantitative estimate of drug-likeness (QED) is 0.761. The molecule has 2 aromatic heterocycles.